The lowest BCUT2D eigenvalue weighted by Crippen LogP contribution is -2.57. The molecule has 0 spiro atoms. The van der Waals surface area contributed by atoms with Crippen LogP contribution in [-0.4, -0.2) is 80.3 Å². The number of likely N-dealkylation sites (tertiary alicyclic amines) is 1. The van der Waals surface area contributed by atoms with Gasteiger partial charge in [-0.1, -0.05) is 19.1 Å². The van der Waals surface area contributed by atoms with Crippen LogP contribution >= 0.6 is 0 Å². The molecule has 2 aromatic carbocycles. The van der Waals surface area contributed by atoms with Crippen LogP contribution in [0.25, 0.3) is 0 Å². The Morgan fingerprint density at radius 2 is 1.69 bits per heavy atom. The molecule has 42 heavy (non-hydrogen) atoms. The normalized spacial score (nSPS) is 19.3. The van der Waals surface area contributed by atoms with Crippen LogP contribution in [0, 0.1) is 18.3 Å². The van der Waals surface area contributed by atoms with Crippen LogP contribution in [0.4, 0.5) is 18.9 Å². The summed E-state index contributed by atoms with van der Waals surface area (Å²) >= 11 is 0. The fraction of sp³-hybridized carbons (Fsp3) is 0.562. The Kier molecular flexibility index (Phi) is 9.16. The number of rotatable bonds is 7. The molecule has 2 aliphatic heterocycles. The van der Waals surface area contributed by atoms with E-state index in [1.165, 1.54) is 19.2 Å². The molecule has 1 N–H and O–H groups in total. The van der Waals surface area contributed by atoms with Gasteiger partial charge in [0, 0.05) is 57.1 Å². The van der Waals surface area contributed by atoms with E-state index in [1.54, 1.807) is 19.0 Å². The molecule has 0 radical (unpaired) electrons. The van der Waals surface area contributed by atoms with Gasteiger partial charge in [0.1, 0.15) is 5.75 Å². The zero-order valence-corrected chi connectivity index (χ0v) is 25.1. The van der Waals surface area contributed by atoms with Crippen molar-refractivity contribution in [3.63, 3.8) is 0 Å². The van der Waals surface area contributed by atoms with Crippen LogP contribution in [-0.2, 0) is 10.4 Å². The molecule has 2 saturated heterocycles. The molecule has 0 unspecified atom stereocenters. The summed E-state index contributed by atoms with van der Waals surface area (Å²) < 4.78 is 47.6. The van der Waals surface area contributed by atoms with Crippen molar-refractivity contribution in [3.8, 4) is 5.75 Å². The fourth-order valence-electron chi connectivity index (χ4n) is 6.36. The number of anilines is 1. The summed E-state index contributed by atoms with van der Waals surface area (Å²) in [6.07, 6.45) is -1.10. The average Bonchev–Trinajstić information content (AvgIpc) is 2.96. The lowest BCUT2D eigenvalue weighted by molar-refractivity contribution is -0.262. The van der Waals surface area contributed by atoms with E-state index in [-0.39, 0.29) is 30.2 Å². The van der Waals surface area contributed by atoms with Crippen LogP contribution in [0.15, 0.2) is 42.5 Å². The van der Waals surface area contributed by atoms with Crippen molar-refractivity contribution in [3.05, 3.63) is 59.2 Å². The molecule has 2 aliphatic rings. The van der Waals surface area contributed by atoms with E-state index >= 15 is 0 Å². The Morgan fingerprint density at radius 1 is 1.05 bits per heavy atom. The highest BCUT2D eigenvalue weighted by Crippen LogP contribution is 2.45. The monoisotopic (exact) mass is 589 g/mol. The maximum Gasteiger partial charge on any atom is 0.430 e. The van der Waals surface area contributed by atoms with Gasteiger partial charge in [-0.05, 0) is 86.3 Å². The summed E-state index contributed by atoms with van der Waals surface area (Å²) in [6, 6.07) is 10.9. The molecular weight excluding hydrogens is 547 g/mol. The molecule has 10 heteroatoms. The molecule has 4 rings (SSSR count). The number of hydrogen-bond acceptors (Lipinski definition) is 5. The van der Waals surface area contributed by atoms with Crippen molar-refractivity contribution in [1.29, 1.82) is 0 Å². The van der Waals surface area contributed by atoms with Gasteiger partial charge in [-0.15, -0.1) is 0 Å². The number of ether oxygens (including phenoxy) is 1. The Balaban J connectivity index is 1.35. The van der Waals surface area contributed by atoms with Crippen LogP contribution < -0.4 is 9.64 Å². The number of aliphatic hydroxyl groups is 1. The number of aryl methyl sites for hydroxylation is 1. The quantitative estimate of drug-likeness (QED) is 0.469. The third-order valence-electron chi connectivity index (χ3n) is 9.07. The second kappa shape index (κ2) is 12.1. The lowest BCUT2D eigenvalue weighted by atomic mass is 9.71. The lowest BCUT2D eigenvalue weighted by Gasteiger charge is -2.45. The predicted molar refractivity (Wildman–Crippen MR) is 156 cm³/mol. The highest BCUT2D eigenvalue weighted by molar-refractivity contribution is 5.95. The van der Waals surface area contributed by atoms with Crippen LogP contribution in [0.3, 0.4) is 0 Å². The first-order valence-electron chi connectivity index (χ1n) is 14.5. The SMILES string of the molecule is COc1cccc([C@@](O)(C(=O)N2CCC(C)(CC3CCN(c4ccc(C(=O)N(C)C)c(C)c4)CC3)CC2)C(F)(F)F)c1. The van der Waals surface area contributed by atoms with Crippen molar-refractivity contribution >= 4 is 17.5 Å². The molecule has 2 fully saturated rings. The standard InChI is InChI=1S/C32H42F3N3O4/c1-22-19-25(9-10-27(22)28(39)36(3)4)37-15-11-23(12-16-37)21-30(2)13-17-38(18-14-30)29(40)31(41,32(33,34)35)24-7-6-8-26(20-24)42-5/h6-10,19-20,23,41H,11-18,21H2,1-5H3/t31-/m1/s1. The Hall–Kier alpha value is -3.27. The molecule has 0 saturated carbocycles. The van der Waals surface area contributed by atoms with Gasteiger partial charge in [-0.25, -0.2) is 0 Å². The van der Waals surface area contributed by atoms with E-state index in [9.17, 15) is 27.9 Å². The number of piperidine rings is 2. The molecule has 2 amide bonds. The maximum atomic E-state index is 14.2. The van der Waals surface area contributed by atoms with Crippen molar-refractivity contribution in [2.45, 2.75) is 57.7 Å². The Bertz CT molecular complexity index is 1280. The molecular formula is C32H42F3N3O4. The summed E-state index contributed by atoms with van der Waals surface area (Å²) in [5, 5.41) is 10.9. The number of halogens is 3. The molecule has 1 atom stereocenters. The molecule has 0 aliphatic carbocycles. The second-order valence-corrected chi connectivity index (χ2v) is 12.4. The average molecular weight is 590 g/mol. The number of amides is 2. The molecule has 2 heterocycles. The summed E-state index contributed by atoms with van der Waals surface area (Å²) in [7, 11) is 4.80. The van der Waals surface area contributed by atoms with E-state index < -0.39 is 23.2 Å². The molecule has 0 bridgehead atoms. The number of methoxy groups -OCH3 is 1. The van der Waals surface area contributed by atoms with Gasteiger partial charge in [0.25, 0.3) is 17.4 Å². The molecule has 0 aromatic heterocycles. The predicted octanol–water partition coefficient (Wildman–Crippen LogP) is 5.39. The van der Waals surface area contributed by atoms with Gasteiger partial charge in [0.2, 0.25) is 0 Å². The van der Waals surface area contributed by atoms with Gasteiger partial charge in [-0.2, -0.15) is 13.2 Å². The van der Waals surface area contributed by atoms with Crippen molar-refractivity contribution < 1.29 is 32.6 Å². The second-order valence-electron chi connectivity index (χ2n) is 12.4. The number of carbonyl (C=O) groups is 2. The molecule has 230 valence electrons. The Morgan fingerprint density at radius 3 is 2.24 bits per heavy atom. The zero-order valence-electron chi connectivity index (χ0n) is 25.1. The summed E-state index contributed by atoms with van der Waals surface area (Å²) in [4.78, 5) is 30.7. The topological polar surface area (TPSA) is 73.3 Å². The van der Waals surface area contributed by atoms with E-state index in [0.29, 0.717) is 24.3 Å². The first-order valence-corrected chi connectivity index (χ1v) is 14.5. The van der Waals surface area contributed by atoms with Gasteiger partial charge in [0.05, 0.1) is 7.11 Å². The van der Waals surface area contributed by atoms with E-state index in [0.717, 1.165) is 60.6 Å². The highest BCUT2D eigenvalue weighted by atomic mass is 19.4. The summed E-state index contributed by atoms with van der Waals surface area (Å²) in [6.45, 7) is 6.22. The highest BCUT2D eigenvalue weighted by Gasteiger charge is 2.62. The van der Waals surface area contributed by atoms with Crippen LogP contribution in [0.2, 0.25) is 0 Å². The van der Waals surface area contributed by atoms with Gasteiger partial charge in [-0.3, -0.25) is 9.59 Å². The molecule has 2 aromatic rings. The minimum atomic E-state index is -5.19. The van der Waals surface area contributed by atoms with E-state index in [4.69, 9.17) is 4.74 Å². The first kappa shape index (κ1) is 31.7. The number of alkyl halides is 3. The zero-order chi connectivity index (χ0) is 30.9. The van der Waals surface area contributed by atoms with Crippen molar-refractivity contribution in [1.82, 2.24) is 9.80 Å². The minimum absolute atomic E-state index is 0.0119. The minimum Gasteiger partial charge on any atom is -0.497 e. The first-order chi connectivity index (χ1) is 19.7. The van der Waals surface area contributed by atoms with Gasteiger partial charge in [0.15, 0.2) is 0 Å². The smallest absolute Gasteiger partial charge is 0.430 e. The number of benzene rings is 2. The largest absolute Gasteiger partial charge is 0.497 e. The summed E-state index contributed by atoms with van der Waals surface area (Å²) in [5.74, 6) is -0.741. The third kappa shape index (κ3) is 6.38. The van der Waals surface area contributed by atoms with Gasteiger partial charge < -0.3 is 24.5 Å². The van der Waals surface area contributed by atoms with E-state index in [2.05, 4.69) is 17.9 Å². The van der Waals surface area contributed by atoms with Crippen molar-refractivity contribution in [2.24, 2.45) is 11.3 Å². The van der Waals surface area contributed by atoms with Crippen LogP contribution in [0.1, 0.15) is 60.5 Å². The van der Waals surface area contributed by atoms with Gasteiger partial charge >= 0.3 is 6.18 Å². The van der Waals surface area contributed by atoms with E-state index in [1.807, 2.05) is 19.1 Å². The fourth-order valence-corrected chi connectivity index (χ4v) is 6.36. The maximum absolute atomic E-state index is 14.2. The van der Waals surface area contributed by atoms with Crippen molar-refractivity contribution in [2.75, 3.05) is 52.3 Å². The third-order valence-corrected chi connectivity index (χ3v) is 9.07. The number of carbonyl (C=O) groups excluding carboxylic acids is 2. The van der Waals surface area contributed by atoms with Crippen LogP contribution in [0.5, 0.6) is 5.75 Å². The molecule has 7 nitrogen and oxygen atoms in total. The number of nitrogens with zero attached hydrogens (tertiary/aromatic N) is 3. The summed E-state index contributed by atoms with van der Waals surface area (Å²) in [5.41, 5.74) is -1.53. The number of hydrogen-bond donors (Lipinski definition) is 1. The Labute approximate surface area is 246 Å².